The van der Waals surface area contributed by atoms with Gasteiger partial charge in [0.05, 0.1) is 16.8 Å². The number of hydrogen-bond acceptors (Lipinski definition) is 4. The largest absolute Gasteiger partial charge is 0.492 e. The van der Waals surface area contributed by atoms with Gasteiger partial charge in [0, 0.05) is 12.7 Å². The lowest BCUT2D eigenvalue weighted by Gasteiger charge is -2.17. The molecule has 1 amide bonds. The number of anilines is 1. The predicted octanol–water partition coefficient (Wildman–Crippen LogP) is 3.33. The lowest BCUT2D eigenvalue weighted by Crippen LogP contribution is -2.30. The molecule has 0 saturated carbocycles. The third kappa shape index (κ3) is 3.45. The molecule has 1 aromatic heterocycles. The van der Waals surface area contributed by atoms with E-state index in [2.05, 4.69) is 26.3 Å². The average molecular weight is 421 g/mol. The molecule has 0 unspecified atom stereocenters. The number of nitrogens with one attached hydrogen (secondary N) is 1. The predicted molar refractivity (Wildman–Crippen MR) is 104 cm³/mol. The molecule has 1 fully saturated rings. The van der Waals surface area contributed by atoms with Crippen LogP contribution in [-0.4, -0.2) is 27.4 Å². The average Bonchev–Trinajstić information content (AvgIpc) is 3.09. The summed E-state index contributed by atoms with van der Waals surface area (Å²) in [6, 6.07) is 7.32. The minimum absolute atomic E-state index is 0.241. The number of aromatic nitrogens is 2. The summed E-state index contributed by atoms with van der Waals surface area (Å²) in [7, 11) is 0. The number of para-hydroxylation sites is 2. The molecule has 2 heterocycles. The fourth-order valence-corrected chi connectivity index (χ4v) is 3.20. The summed E-state index contributed by atoms with van der Waals surface area (Å²) in [6.07, 6.45) is 3.56. The van der Waals surface area contributed by atoms with Gasteiger partial charge in [0.15, 0.2) is 5.11 Å². The summed E-state index contributed by atoms with van der Waals surface area (Å²) >= 11 is 8.82. The van der Waals surface area contributed by atoms with Crippen LogP contribution in [0.15, 0.2) is 40.6 Å². The van der Waals surface area contributed by atoms with Crippen molar-refractivity contribution in [1.82, 2.24) is 15.1 Å². The molecule has 6 nitrogen and oxygen atoms in total. The van der Waals surface area contributed by atoms with Gasteiger partial charge in [-0.05, 0) is 60.2 Å². The van der Waals surface area contributed by atoms with Gasteiger partial charge in [-0.25, -0.2) is 4.90 Å². The van der Waals surface area contributed by atoms with E-state index in [0.717, 1.165) is 11.0 Å². The van der Waals surface area contributed by atoms with Gasteiger partial charge >= 0.3 is 0 Å². The van der Waals surface area contributed by atoms with E-state index in [1.54, 1.807) is 10.8 Å². The van der Waals surface area contributed by atoms with Crippen molar-refractivity contribution in [3.8, 4) is 5.75 Å². The Hall–Kier alpha value is -2.19. The zero-order chi connectivity index (χ0) is 18.0. The summed E-state index contributed by atoms with van der Waals surface area (Å²) in [6.45, 7) is 5.14. The molecule has 8 heteroatoms. The molecule has 25 heavy (non-hydrogen) atoms. The molecule has 0 aliphatic carbocycles. The minimum atomic E-state index is -0.241. The number of halogens is 1. The smallest absolute Gasteiger partial charge is 0.281 e. The van der Waals surface area contributed by atoms with Crippen LogP contribution in [0.4, 0.5) is 5.69 Å². The Kier molecular flexibility index (Phi) is 5.19. The monoisotopic (exact) mass is 420 g/mol. The number of rotatable bonds is 5. The first-order valence-corrected chi connectivity index (χ1v) is 9.07. The number of hydrogen-bond donors (Lipinski definition) is 1. The van der Waals surface area contributed by atoms with Crippen molar-refractivity contribution < 1.29 is 9.53 Å². The van der Waals surface area contributed by atoms with Crippen molar-refractivity contribution in [2.24, 2.45) is 0 Å². The number of amides is 1. The van der Waals surface area contributed by atoms with Crippen LogP contribution in [0.2, 0.25) is 0 Å². The molecule has 1 aromatic carbocycles. The van der Waals surface area contributed by atoms with E-state index in [1.807, 2.05) is 44.3 Å². The molecule has 0 radical (unpaired) electrons. The normalized spacial score (nSPS) is 15.8. The molecule has 0 bridgehead atoms. The fourth-order valence-electron chi connectivity index (χ4n) is 2.48. The lowest BCUT2D eigenvalue weighted by molar-refractivity contribution is -0.113. The third-order valence-electron chi connectivity index (χ3n) is 3.63. The van der Waals surface area contributed by atoms with E-state index in [-0.39, 0.29) is 5.91 Å². The summed E-state index contributed by atoms with van der Waals surface area (Å²) in [5.41, 5.74) is 1.66. The highest BCUT2D eigenvalue weighted by atomic mass is 79.9. The number of aryl methyl sites for hydroxylation is 1. The van der Waals surface area contributed by atoms with Crippen LogP contribution in [0, 0.1) is 0 Å². The van der Waals surface area contributed by atoms with Gasteiger partial charge in [-0.1, -0.05) is 12.1 Å². The maximum Gasteiger partial charge on any atom is 0.281 e. The maximum absolute atomic E-state index is 12.9. The maximum atomic E-state index is 12.9. The van der Waals surface area contributed by atoms with Crippen molar-refractivity contribution in [1.29, 1.82) is 0 Å². The van der Waals surface area contributed by atoms with Crippen LogP contribution >= 0.6 is 28.1 Å². The first-order chi connectivity index (χ1) is 12.0. The summed E-state index contributed by atoms with van der Waals surface area (Å²) in [5, 5.41) is 7.69. The number of nitrogens with zero attached hydrogens (tertiary/aromatic N) is 3. The van der Waals surface area contributed by atoms with Crippen LogP contribution < -0.4 is 15.0 Å². The first kappa shape index (κ1) is 17.6. The van der Waals surface area contributed by atoms with E-state index in [4.69, 9.17) is 17.0 Å². The Morgan fingerprint density at radius 3 is 2.80 bits per heavy atom. The molecule has 1 saturated heterocycles. The second kappa shape index (κ2) is 7.37. The number of carbonyl (C=O) groups is 1. The second-order valence-electron chi connectivity index (χ2n) is 5.25. The van der Waals surface area contributed by atoms with Crippen molar-refractivity contribution in [3.05, 3.63) is 46.3 Å². The van der Waals surface area contributed by atoms with Crippen LogP contribution in [-0.2, 0) is 11.3 Å². The summed E-state index contributed by atoms with van der Waals surface area (Å²) in [4.78, 5) is 14.3. The van der Waals surface area contributed by atoms with Gasteiger partial charge in [0.2, 0.25) is 0 Å². The highest BCUT2D eigenvalue weighted by Crippen LogP contribution is 2.32. The molecule has 3 rings (SSSR count). The van der Waals surface area contributed by atoms with Gasteiger partial charge in [-0.15, -0.1) is 0 Å². The van der Waals surface area contributed by atoms with Crippen LogP contribution in [0.5, 0.6) is 5.75 Å². The van der Waals surface area contributed by atoms with Gasteiger partial charge in [-0.3, -0.25) is 9.48 Å². The second-order valence-corrected chi connectivity index (χ2v) is 6.49. The minimum Gasteiger partial charge on any atom is -0.492 e. The van der Waals surface area contributed by atoms with Gasteiger partial charge in [0.25, 0.3) is 5.91 Å². The molecular weight excluding hydrogens is 404 g/mol. The number of thiocarbonyl (C=S) groups is 1. The molecular formula is C17H17BrN4O2S. The van der Waals surface area contributed by atoms with Crippen molar-refractivity contribution in [2.45, 2.75) is 20.4 Å². The Morgan fingerprint density at radius 1 is 1.36 bits per heavy atom. The van der Waals surface area contributed by atoms with E-state index in [1.165, 1.54) is 4.90 Å². The van der Waals surface area contributed by atoms with Crippen LogP contribution in [0.25, 0.3) is 6.08 Å². The number of ether oxygens (including phenoxy) is 1. The van der Waals surface area contributed by atoms with Crippen molar-refractivity contribution in [2.75, 3.05) is 11.5 Å². The Morgan fingerprint density at radius 2 is 2.12 bits per heavy atom. The number of benzene rings is 1. The molecule has 1 aliphatic rings. The van der Waals surface area contributed by atoms with Gasteiger partial charge in [0.1, 0.15) is 17.1 Å². The van der Waals surface area contributed by atoms with Gasteiger partial charge in [-0.2, -0.15) is 5.10 Å². The highest BCUT2D eigenvalue weighted by molar-refractivity contribution is 9.10. The molecule has 2 aromatic rings. The quantitative estimate of drug-likeness (QED) is 0.593. The van der Waals surface area contributed by atoms with E-state index in [0.29, 0.717) is 34.5 Å². The van der Waals surface area contributed by atoms with Crippen molar-refractivity contribution in [3.63, 3.8) is 0 Å². The van der Waals surface area contributed by atoms with Crippen LogP contribution in [0.1, 0.15) is 19.5 Å². The molecule has 0 spiro atoms. The Labute approximate surface area is 159 Å². The number of carbonyl (C=O) groups excluding carboxylic acids is 1. The Balaban J connectivity index is 1.95. The fraction of sp³-hybridized carbons (Fsp3) is 0.235. The standard InChI is InChI=1S/C17H17BrN4O2S/c1-3-21-10-11(18)12(20-21)9-13-16(23)22(17(25)19-13)14-7-5-6-8-15(14)24-4-2/h5-10H,3-4H2,1-2H3,(H,19,25)/b13-9+. The van der Waals surface area contributed by atoms with E-state index in [9.17, 15) is 4.79 Å². The SMILES string of the molecule is CCOc1ccccc1N1C(=O)/C(=C\c2nn(CC)cc2Br)NC1=S. The van der Waals surface area contributed by atoms with Crippen LogP contribution in [0.3, 0.4) is 0 Å². The lowest BCUT2D eigenvalue weighted by atomic mass is 10.2. The highest BCUT2D eigenvalue weighted by Gasteiger charge is 2.34. The summed E-state index contributed by atoms with van der Waals surface area (Å²) < 4.78 is 8.22. The van der Waals surface area contributed by atoms with Crippen molar-refractivity contribution >= 4 is 50.9 Å². The third-order valence-corrected chi connectivity index (χ3v) is 4.53. The van der Waals surface area contributed by atoms with Gasteiger partial charge < -0.3 is 10.1 Å². The van der Waals surface area contributed by atoms with E-state index < -0.39 is 0 Å². The molecule has 130 valence electrons. The summed E-state index contributed by atoms with van der Waals surface area (Å²) in [5.74, 6) is 0.371. The molecule has 1 N–H and O–H groups in total. The topological polar surface area (TPSA) is 59.4 Å². The van der Waals surface area contributed by atoms with E-state index >= 15 is 0 Å². The molecule has 0 atom stereocenters. The molecule has 1 aliphatic heterocycles. The first-order valence-electron chi connectivity index (χ1n) is 7.87. The zero-order valence-electron chi connectivity index (χ0n) is 13.8. The zero-order valence-corrected chi connectivity index (χ0v) is 16.2. The Bertz CT molecular complexity index is 862.